The highest BCUT2D eigenvalue weighted by Crippen LogP contribution is 2.46. The van der Waals surface area contributed by atoms with Gasteiger partial charge in [0, 0.05) is 29.8 Å². The lowest BCUT2D eigenvalue weighted by molar-refractivity contribution is 0.0980. The molecule has 0 unspecified atom stereocenters. The lowest BCUT2D eigenvalue weighted by Crippen LogP contribution is -2.36. The lowest BCUT2D eigenvalue weighted by Gasteiger charge is -2.35. The third-order valence-electron chi connectivity index (χ3n) is 7.23. The number of nitrogens with zero attached hydrogens (tertiary/aromatic N) is 2. The average Bonchev–Trinajstić information content (AvgIpc) is 2.98. The second-order valence-corrected chi connectivity index (χ2v) is 9.19. The highest BCUT2D eigenvalue weighted by molar-refractivity contribution is 6.08. The summed E-state index contributed by atoms with van der Waals surface area (Å²) in [6, 6.07) is 24.7. The molecule has 0 fully saturated rings. The van der Waals surface area contributed by atoms with Crippen LogP contribution in [0.3, 0.4) is 0 Å². The standard InChI is InChI=1S/C28H28N2O/c1-19-28(2,3)23-18-22(15-17-26(23)29(19)4)25-16-14-20-10-8-9-13-24(20)30(25)27(31)21-11-6-5-7-12-21/h5-19,25H,1-4H3/t19-,25-/m0/s1. The van der Waals surface area contributed by atoms with Gasteiger partial charge in [-0.3, -0.25) is 9.69 Å². The van der Waals surface area contributed by atoms with Gasteiger partial charge in [0.15, 0.2) is 0 Å². The van der Waals surface area contributed by atoms with Gasteiger partial charge in [-0.05, 0) is 47.9 Å². The van der Waals surface area contributed by atoms with E-state index in [0.717, 1.165) is 16.8 Å². The number of hydrogen-bond acceptors (Lipinski definition) is 2. The summed E-state index contributed by atoms with van der Waals surface area (Å²) in [6.07, 6.45) is 4.29. The minimum atomic E-state index is -0.148. The molecule has 3 heteroatoms. The number of likely N-dealkylation sites (N-methyl/N-ethyl adjacent to an activating group) is 1. The van der Waals surface area contributed by atoms with E-state index in [0.29, 0.717) is 11.6 Å². The van der Waals surface area contributed by atoms with Gasteiger partial charge < -0.3 is 4.90 Å². The predicted octanol–water partition coefficient (Wildman–Crippen LogP) is 6.22. The van der Waals surface area contributed by atoms with Gasteiger partial charge in [-0.2, -0.15) is 0 Å². The first-order valence-electron chi connectivity index (χ1n) is 10.9. The van der Waals surface area contributed by atoms with E-state index in [9.17, 15) is 4.79 Å². The number of amides is 1. The largest absolute Gasteiger partial charge is 0.371 e. The number of para-hydroxylation sites is 1. The Morgan fingerprint density at radius 2 is 1.61 bits per heavy atom. The van der Waals surface area contributed by atoms with E-state index in [4.69, 9.17) is 0 Å². The zero-order valence-corrected chi connectivity index (χ0v) is 18.5. The Hall–Kier alpha value is -3.33. The van der Waals surface area contributed by atoms with Crippen LogP contribution in [0.25, 0.3) is 6.08 Å². The van der Waals surface area contributed by atoms with E-state index in [2.05, 4.69) is 69.1 Å². The van der Waals surface area contributed by atoms with E-state index < -0.39 is 0 Å². The number of fused-ring (bicyclic) bond motifs is 2. The number of rotatable bonds is 2. The van der Waals surface area contributed by atoms with Gasteiger partial charge >= 0.3 is 0 Å². The van der Waals surface area contributed by atoms with Crippen LogP contribution in [0.1, 0.15) is 53.9 Å². The quantitative estimate of drug-likeness (QED) is 0.503. The van der Waals surface area contributed by atoms with Crippen molar-refractivity contribution >= 4 is 23.4 Å². The molecule has 5 rings (SSSR count). The fourth-order valence-electron chi connectivity index (χ4n) is 4.97. The van der Waals surface area contributed by atoms with Gasteiger partial charge in [0.25, 0.3) is 5.91 Å². The maximum Gasteiger partial charge on any atom is 0.259 e. The van der Waals surface area contributed by atoms with Crippen molar-refractivity contribution in [2.45, 2.75) is 38.3 Å². The van der Waals surface area contributed by atoms with E-state index in [1.807, 2.05) is 53.4 Å². The van der Waals surface area contributed by atoms with Crippen LogP contribution >= 0.6 is 0 Å². The predicted molar refractivity (Wildman–Crippen MR) is 129 cm³/mol. The second-order valence-electron chi connectivity index (χ2n) is 9.19. The van der Waals surface area contributed by atoms with Crippen molar-refractivity contribution in [2.75, 3.05) is 16.8 Å². The Balaban J connectivity index is 1.64. The van der Waals surface area contributed by atoms with Gasteiger partial charge in [0.05, 0.1) is 11.7 Å². The summed E-state index contributed by atoms with van der Waals surface area (Å²) in [4.78, 5) is 18.0. The molecule has 31 heavy (non-hydrogen) atoms. The van der Waals surface area contributed by atoms with Crippen molar-refractivity contribution in [1.82, 2.24) is 0 Å². The number of hydrogen-bond donors (Lipinski definition) is 0. The fourth-order valence-corrected chi connectivity index (χ4v) is 4.97. The first kappa shape index (κ1) is 19.6. The molecule has 0 saturated carbocycles. The molecule has 2 heterocycles. The summed E-state index contributed by atoms with van der Waals surface area (Å²) in [5, 5.41) is 0. The maximum absolute atomic E-state index is 13.7. The summed E-state index contributed by atoms with van der Waals surface area (Å²) in [5.41, 5.74) is 6.54. The number of benzene rings is 3. The van der Waals surface area contributed by atoms with Crippen LogP contribution in [0.4, 0.5) is 11.4 Å². The molecule has 0 aliphatic carbocycles. The Bertz CT molecular complexity index is 1180. The van der Waals surface area contributed by atoms with Crippen molar-refractivity contribution in [3.8, 4) is 0 Å². The minimum Gasteiger partial charge on any atom is -0.371 e. The Kier molecular flexibility index (Phi) is 4.51. The monoisotopic (exact) mass is 408 g/mol. The molecule has 2 aliphatic rings. The lowest BCUT2D eigenvalue weighted by atomic mass is 9.80. The van der Waals surface area contributed by atoms with Gasteiger partial charge in [0.1, 0.15) is 0 Å². The summed E-state index contributed by atoms with van der Waals surface area (Å²) in [5.74, 6) is 0.0210. The zero-order chi connectivity index (χ0) is 21.8. The van der Waals surface area contributed by atoms with Crippen molar-refractivity contribution < 1.29 is 4.79 Å². The first-order valence-corrected chi connectivity index (χ1v) is 10.9. The molecule has 3 aromatic carbocycles. The molecule has 0 saturated heterocycles. The molecule has 156 valence electrons. The van der Waals surface area contributed by atoms with Crippen LogP contribution in [-0.4, -0.2) is 19.0 Å². The summed E-state index contributed by atoms with van der Waals surface area (Å²) >= 11 is 0. The minimum absolute atomic E-state index is 0.0210. The Morgan fingerprint density at radius 3 is 2.39 bits per heavy atom. The topological polar surface area (TPSA) is 23.6 Å². The number of carbonyl (C=O) groups excluding carboxylic acids is 1. The van der Waals surface area contributed by atoms with Gasteiger partial charge in [-0.1, -0.05) is 74.5 Å². The van der Waals surface area contributed by atoms with Crippen LogP contribution in [0, 0.1) is 0 Å². The van der Waals surface area contributed by atoms with Crippen molar-refractivity contribution in [1.29, 1.82) is 0 Å². The van der Waals surface area contributed by atoms with Crippen LogP contribution in [0.15, 0.2) is 78.9 Å². The smallest absolute Gasteiger partial charge is 0.259 e. The summed E-state index contributed by atoms with van der Waals surface area (Å²) in [6.45, 7) is 6.90. The molecular formula is C28H28N2O. The zero-order valence-electron chi connectivity index (χ0n) is 18.5. The summed E-state index contributed by atoms with van der Waals surface area (Å²) < 4.78 is 0. The van der Waals surface area contributed by atoms with E-state index in [1.165, 1.54) is 11.3 Å². The molecule has 0 N–H and O–H groups in total. The van der Waals surface area contributed by atoms with Crippen LogP contribution in [0.2, 0.25) is 0 Å². The highest BCUT2D eigenvalue weighted by Gasteiger charge is 2.41. The van der Waals surface area contributed by atoms with E-state index >= 15 is 0 Å². The Labute approximate surface area is 184 Å². The third kappa shape index (κ3) is 2.99. The van der Waals surface area contributed by atoms with Crippen molar-refractivity contribution in [3.63, 3.8) is 0 Å². The van der Waals surface area contributed by atoms with Crippen molar-refractivity contribution in [3.05, 3.63) is 101 Å². The molecular weight excluding hydrogens is 380 g/mol. The van der Waals surface area contributed by atoms with Crippen LogP contribution < -0.4 is 9.80 Å². The highest BCUT2D eigenvalue weighted by atomic mass is 16.2. The van der Waals surface area contributed by atoms with Crippen LogP contribution in [0.5, 0.6) is 0 Å². The number of anilines is 2. The van der Waals surface area contributed by atoms with E-state index in [-0.39, 0.29) is 17.4 Å². The second kappa shape index (κ2) is 7.12. The van der Waals surface area contributed by atoms with Gasteiger partial charge in [0.2, 0.25) is 0 Å². The normalized spacial score (nSPS) is 21.0. The molecule has 3 aromatic rings. The Morgan fingerprint density at radius 1 is 0.903 bits per heavy atom. The molecule has 0 bridgehead atoms. The molecule has 2 atom stereocenters. The molecule has 2 aliphatic heterocycles. The fraction of sp³-hybridized carbons (Fsp3) is 0.250. The van der Waals surface area contributed by atoms with Gasteiger partial charge in [-0.25, -0.2) is 0 Å². The van der Waals surface area contributed by atoms with Crippen LogP contribution in [-0.2, 0) is 5.41 Å². The molecule has 3 nitrogen and oxygen atoms in total. The first-order chi connectivity index (χ1) is 14.9. The SMILES string of the molecule is C[C@@H]1N(C)c2ccc([C@@H]3C=Cc4ccccc4N3C(=O)c3ccccc3)cc2C1(C)C. The number of carbonyl (C=O) groups is 1. The molecule has 1 amide bonds. The molecule has 0 spiro atoms. The third-order valence-corrected chi connectivity index (χ3v) is 7.23. The van der Waals surface area contributed by atoms with Gasteiger partial charge in [-0.15, -0.1) is 0 Å². The van der Waals surface area contributed by atoms with Crippen molar-refractivity contribution in [2.24, 2.45) is 0 Å². The molecule has 0 aromatic heterocycles. The average molecular weight is 409 g/mol. The molecule has 0 radical (unpaired) electrons. The summed E-state index contributed by atoms with van der Waals surface area (Å²) in [7, 11) is 2.17. The van der Waals surface area contributed by atoms with E-state index in [1.54, 1.807) is 0 Å². The maximum atomic E-state index is 13.7.